The maximum absolute atomic E-state index is 10.3. The third-order valence-electron chi connectivity index (χ3n) is 6.51. The second-order valence-electron chi connectivity index (χ2n) is 8.68. The van der Waals surface area contributed by atoms with Gasteiger partial charge in [-0.3, -0.25) is 9.47 Å². The predicted octanol–water partition coefficient (Wildman–Crippen LogP) is 4.69. The van der Waals surface area contributed by atoms with Gasteiger partial charge >= 0.3 is 0 Å². The van der Waals surface area contributed by atoms with E-state index in [2.05, 4.69) is 15.1 Å². The highest BCUT2D eigenvalue weighted by Gasteiger charge is 2.40. The molecule has 3 aromatic rings. The van der Waals surface area contributed by atoms with E-state index in [1.54, 1.807) is 6.07 Å². The minimum atomic E-state index is -0.304. The number of rotatable bonds is 4. The highest BCUT2D eigenvalue weighted by atomic mass is 35.5. The molecule has 5 rings (SSSR count). The van der Waals surface area contributed by atoms with Crippen LogP contribution in [0.3, 0.4) is 0 Å². The van der Waals surface area contributed by atoms with Crippen LogP contribution in [0.1, 0.15) is 41.7 Å². The molecule has 0 bridgehead atoms. The molecular weight excluding hydrogens is 447 g/mol. The molecule has 2 heterocycles. The van der Waals surface area contributed by atoms with E-state index in [4.69, 9.17) is 27.9 Å². The number of benzene rings is 2. The largest absolute Gasteiger partial charge is 0.484 e. The molecular formula is C24H26Cl2N4O2. The molecule has 6 nitrogen and oxygen atoms in total. The number of aliphatic hydroxyl groups excluding tert-OH is 1. The molecule has 8 heteroatoms. The lowest BCUT2D eigenvalue weighted by atomic mass is 10.0. The van der Waals surface area contributed by atoms with Gasteiger partial charge in [0.15, 0.2) is 0 Å². The van der Waals surface area contributed by atoms with Crippen molar-refractivity contribution in [3.05, 3.63) is 69.2 Å². The summed E-state index contributed by atoms with van der Waals surface area (Å²) in [7, 11) is 0. The Morgan fingerprint density at radius 1 is 1.06 bits per heavy atom. The molecule has 1 fully saturated rings. The summed E-state index contributed by atoms with van der Waals surface area (Å²) in [5.74, 6) is 2.46. The first-order valence-corrected chi connectivity index (χ1v) is 11.7. The van der Waals surface area contributed by atoms with Crippen molar-refractivity contribution in [3.8, 4) is 11.4 Å². The van der Waals surface area contributed by atoms with Crippen LogP contribution in [0.25, 0.3) is 5.69 Å². The molecule has 0 radical (unpaired) electrons. The smallest absolute Gasteiger partial charge is 0.140 e. The van der Waals surface area contributed by atoms with Gasteiger partial charge in [-0.2, -0.15) is 0 Å². The number of nitrogens with zero attached hydrogens (tertiary/aromatic N) is 4. The fourth-order valence-corrected chi connectivity index (χ4v) is 5.61. The van der Waals surface area contributed by atoms with Gasteiger partial charge in [0.2, 0.25) is 0 Å². The van der Waals surface area contributed by atoms with E-state index >= 15 is 0 Å². The van der Waals surface area contributed by atoms with Crippen LogP contribution >= 0.6 is 23.2 Å². The van der Waals surface area contributed by atoms with Crippen molar-refractivity contribution < 1.29 is 9.84 Å². The van der Waals surface area contributed by atoms with Crippen LogP contribution in [0.15, 0.2) is 36.4 Å². The normalized spacial score (nSPS) is 23.3. The lowest BCUT2D eigenvalue weighted by Gasteiger charge is -2.37. The van der Waals surface area contributed by atoms with Gasteiger partial charge in [-0.1, -0.05) is 23.2 Å². The van der Waals surface area contributed by atoms with E-state index in [0.29, 0.717) is 16.6 Å². The quantitative estimate of drug-likeness (QED) is 0.596. The first-order valence-electron chi connectivity index (χ1n) is 11.0. The maximum atomic E-state index is 10.3. The van der Waals surface area contributed by atoms with Gasteiger partial charge in [-0.15, -0.1) is 10.2 Å². The molecule has 2 aliphatic rings. The van der Waals surface area contributed by atoms with Crippen molar-refractivity contribution >= 4 is 23.2 Å². The standard InChI is InChI=1S/C24H26Cl2N4O2/c1-14-27-28-15(2)30(14)17-5-7-19(8-6-17)32-24-21-10-16(25)11-22(26)20(21)12-23(24)29-9-3-4-18(31)13-29/h5-8,10-11,18,23-24,31H,3-4,9,12-13H2,1-2H3/t18?,23-,24-/m0/s1. The monoisotopic (exact) mass is 472 g/mol. The maximum Gasteiger partial charge on any atom is 0.140 e. The summed E-state index contributed by atoms with van der Waals surface area (Å²) in [5.41, 5.74) is 3.10. The number of piperidine rings is 1. The minimum Gasteiger partial charge on any atom is -0.484 e. The molecule has 0 amide bonds. The Hall–Kier alpha value is -2.12. The van der Waals surface area contributed by atoms with Crippen molar-refractivity contribution in [1.82, 2.24) is 19.7 Å². The second-order valence-corrected chi connectivity index (χ2v) is 9.52. The Balaban J connectivity index is 1.45. The Bertz CT molecular complexity index is 1110. The molecule has 1 aliphatic carbocycles. The molecule has 2 aromatic carbocycles. The van der Waals surface area contributed by atoms with Crippen molar-refractivity contribution in [1.29, 1.82) is 0 Å². The number of fused-ring (bicyclic) bond motifs is 1. The first-order chi connectivity index (χ1) is 15.4. The number of likely N-dealkylation sites (tertiary alicyclic amines) is 1. The zero-order chi connectivity index (χ0) is 22.4. The average molecular weight is 473 g/mol. The van der Waals surface area contributed by atoms with Crippen molar-refractivity contribution in [2.45, 2.75) is 51.4 Å². The Morgan fingerprint density at radius 3 is 2.47 bits per heavy atom. The number of ether oxygens (including phenoxy) is 1. The van der Waals surface area contributed by atoms with E-state index < -0.39 is 0 Å². The van der Waals surface area contributed by atoms with Crippen LogP contribution in [0.4, 0.5) is 0 Å². The molecule has 0 spiro atoms. The highest BCUT2D eigenvalue weighted by molar-refractivity contribution is 6.35. The summed E-state index contributed by atoms with van der Waals surface area (Å²) in [4.78, 5) is 2.33. The lowest BCUT2D eigenvalue weighted by Crippen LogP contribution is -2.47. The fraction of sp³-hybridized carbons (Fsp3) is 0.417. The highest BCUT2D eigenvalue weighted by Crippen LogP contribution is 2.43. The zero-order valence-corrected chi connectivity index (χ0v) is 19.6. The summed E-state index contributed by atoms with van der Waals surface area (Å²) in [6.07, 6.45) is 2.08. The third kappa shape index (κ3) is 4.01. The summed E-state index contributed by atoms with van der Waals surface area (Å²) in [6, 6.07) is 11.8. The average Bonchev–Trinajstić information content (AvgIpc) is 3.29. The van der Waals surface area contributed by atoms with E-state index in [0.717, 1.165) is 60.0 Å². The van der Waals surface area contributed by atoms with Gasteiger partial charge in [0.05, 0.1) is 12.1 Å². The number of aromatic nitrogens is 3. The number of hydrogen-bond acceptors (Lipinski definition) is 5. The summed E-state index contributed by atoms with van der Waals surface area (Å²) in [6.45, 7) is 5.46. The fourth-order valence-electron chi connectivity index (χ4n) is 5.03. The summed E-state index contributed by atoms with van der Waals surface area (Å²) >= 11 is 12.9. The van der Waals surface area contributed by atoms with Crippen LogP contribution in [0, 0.1) is 13.8 Å². The van der Waals surface area contributed by atoms with Crippen LogP contribution in [0.2, 0.25) is 10.0 Å². The summed E-state index contributed by atoms with van der Waals surface area (Å²) < 4.78 is 8.57. The van der Waals surface area contributed by atoms with Crippen molar-refractivity contribution in [2.24, 2.45) is 0 Å². The van der Waals surface area contributed by atoms with Crippen LogP contribution in [0.5, 0.6) is 5.75 Å². The van der Waals surface area contributed by atoms with Crippen molar-refractivity contribution in [3.63, 3.8) is 0 Å². The van der Waals surface area contributed by atoms with Gasteiger partial charge in [-0.05, 0) is 81.6 Å². The SMILES string of the molecule is Cc1nnc(C)n1-c1ccc(O[C@H]2c3cc(Cl)cc(Cl)c3C[C@@H]2N2CCCC(O)C2)cc1. The van der Waals surface area contributed by atoms with E-state index in [-0.39, 0.29) is 18.2 Å². The predicted molar refractivity (Wildman–Crippen MR) is 125 cm³/mol. The van der Waals surface area contributed by atoms with E-state index in [1.165, 1.54) is 0 Å². The van der Waals surface area contributed by atoms with Gasteiger partial charge in [0.25, 0.3) is 0 Å². The molecule has 1 saturated heterocycles. The van der Waals surface area contributed by atoms with E-state index in [9.17, 15) is 5.11 Å². The molecule has 1 N–H and O–H groups in total. The Morgan fingerprint density at radius 2 is 1.78 bits per heavy atom. The molecule has 1 aromatic heterocycles. The number of aliphatic hydroxyl groups is 1. The van der Waals surface area contributed by atoms with E-state index in [1.807, 2.05) is 48.7 Å². The van der Waals surface area contributed by atoms with Crippen molar-refractivity contribution in [2.75, 3.05) is 13.1 Å². The lowest BCUT2D eigenvalue weighted by molar-refractivity contribution is 0.0112. The number of halogens is 2. The Kier molecular flexibility index (Phi) is 5.88. The number of hydrogen-bond donors (Lipinski definition) is 1. The number of β-amino-alcohol motifs (C(OH)–C–C–N with tert-alkyl or cyclic N) is 1. The molecule has 3 atom stereocenters. The van der Waals surface area contributed by atoms with Gasteiger partial charge < -0.3 is 9.84 Å². The molecule has 1 aliphatic heterocycles. The van der Waals surface area contributed by atoms with Gasteiger partial charge in [-0.25, -0.2) is 0 Å². The summed E-state index contributed by atoms with van der Waals surface area (Å²) in [5, 5.41) is 19.8. The molecule has 32 heavy (non-hydrogen) atoms. The second kappa shape index (κ2) is 8.67. The zero-order valence-electron chi connectivity index (χ0n) is 18.1. The van der Waals surface area contributed by atoms with Gasteiger partial charge in [0, 0.05) is 27.8 Å². The van der Waals surface area contributed by atoms with Crippen LogP contribution in [-0.2, 0) is 6.42 Å². The first kappa shape index (κ1) is 21.7. The molecule has 1 unspecified atom stereocenters. The molecule has 168 valence electrons. The number of aryl methyl sites for hydroxylation is 2. The van der Waals surface area contributed by atoms with Crippen LogP contribution < -0.4 is 4.74 Å². The molecule has 0 saturated carbocycles. The minimum absolute atomic E-state index is 0.0953. The Labute approximate surface area is 197 Å². The van der Waals surface area contributed by atoms with Gasteiger partial charge in [0.1, 0.15) is 23.5 Å². The van der Waals surface area contributed by atoms with Crippen LogP contribution in [-0.4, -0.2) is 50.0 Å². The topological polar surface area (TPSA) is 63.4 Å². The third-order valence-corrected chi connectivity index (χ3v) is 7.06.